The molecule has 0 saturated carbocycles. The molecule has 5 heteroatoms. The molecule has 1 N–H and O–H groups in total. The maximum absolute atomic E-state index is 11.0. The van der Waals surface area contributed by atoms with Crippen molar-refractivity contribution in [3.63, 3.8) is 0 Å². The van der Waals surface area contributed by atoms with Gasteiger partial charge in [-0.25, -0.2) is 5.26 Å². The zero-order valence-corrected chi connectivity index (χ0v) is 10.4. The quantitative estimate of drug-likeness (QED) is 0.381. The first-order chi connectivity index (χ1) is 7.04. The molecule has 0 radical (unpaired) electrons. The molecule has 0 aromatic carbocycles. The third-order valence-electron chi connectivity index (χ3n) is 2.56. The van der Waals surface area contributed by atoms with Crippen LogP contribution >= 0.6 is 0 Å². The third kappa shape index (κ3) is 6.87. The van der Waals surface area contributed by atoms with Crippen LogP contribution in [0, 0.1) is 0 Å². The van der Waals surface area contributed by atoms with Gasteiger partial charge >= 0.3 is 0 Å². The van der Waals surface area contributed by atoms with Gasteiger partial charge in [0.1, 0.15) is 0 Å². The Kier molecular flexibility index (Phi) is 8.00. The Morgan fingerprint density at radius 1 is 1.13 bits per heavy atom. The van der Waals surface area contributed by atoms with E-state index in [1.54, 1.807) is 6.92 Å². The molecule has 0 saturated heterocycles. The van der Waals surface area contributed by atoms with E-state index in [1.165, 1.54) is 19.3 Å². The molecular weight excluding hydrogens is 216 g/mol. The highest BCUT2D eigenvalue weighted by molar-refractivity contribution is 7.87. The van der Waals surface area contributed by atoms with Crippen LogP contribution in [0.15, 0.2) is 0 Å². The minimum atomic E-state index is -3.74. The topological polar surface area (TPSA) is 63.6 Å². The van der Waals surface area contributed by atoms with Gasteiger partial charge in [0, 0.05) is 0 Å². The van der Waals surface area contributed by atoms with Crippen LogP contribution in [-0.2, 0) is 14.5 Å². The van der Waals surface area contributed by atoms with E-state index in [1.807, 2.05) is 0 Å². The summed E-state index contributed by atoms with van der Waals surface area (Å²) in [6.45, 7) is 3.71. The second-order valence-electron chi connectivity index (χ2n) is 3.93. The SMILES string of the molecule is CCCCCCCCC(C)S(=O)(=O)OO. The van der Waals surface area contributed by atoms with Gasteiger partial charge in [-0.15, -0.1) is 4.33 Å². The summed E-state index contributed by atoms with van der Waals surface area (Å²) in [5.74, 6) is 0. The maximum Gasteiger partial charge on any atom is 0.295 e. The lowest BCUT2D eigenvalue weighted by molar-refractivity contribution is -0.131. The van der Waals surface area contributed by atoms with Gasteiger partial charge in [0.2, 0.25) is 0 Å². The van der Waals surface area contributed by atoms with Gasteiger partial charge in [-0.05, 0) is 13.3 Å². The number of unbranched alkanes of at least 4 members (excludes halogenated alkanes) is 5. The fraction of sp³-hybridized carbons (Fsp3) is 1.00. The Morgan fingerprint density at radius 2 is 1.67 bits per heavy atom. The van der Waals surface area contributed by atoms with Crippen LogP contribution in [0.25, 0.3) is 0 Å². The zero-order chi connectivity index (χ0) is 11.7. The summed E-state index contributed by atoms with van der Waals surface area (Å²) < 4.78 is 25.5. The molecule has 92 valence electrons. The van der Waals surface area contributed by atoms with Crippen molar-refractivity contribution in [3.8, 4) is 0 Å². The minimum absolute atomic E-state index is 0.551. The fourth-order valence-electron chi connectivity index (χ4n) is 1.43. The predicted molar refractivity (Wildman–Crippen MR) is 60.1 cm³/mol. The van der Waals surface area contributed by atoms with E-state index in [2.05, 4.69) is 11.3 Å². The second kappa shape index (κ2) is 8.07. The van der Waals surface area contributed by atoms with E-state index in [-0.39, 0.29) is 0 Å². The van der Waals surface area contributed by atoms with Crippen LogP contribution in [0.4, 0.5) is 0 Å². The zero-order valence-electron chi connectivity index (χ0n) is 9.61. The normalized spacial score (nSPS) is 14.1. The van der Waals surface area contributed by atoms with Crippen molar-refractivity contribution in [2.45, 2.75) is 64.0 Å². The Bertz CT molecular complexity index is 236. The van der Waals surface area contributed by atoms with Gasteiger partial charge in [0.25, 0.3) is 10.1 Å². The molecule has 4 nitrogen and oxygen atoms in total. The van der Waals surface area contributed by atoms with Gasteiger partial charge < -0.3 is 0 Å². The van der Waals surface area contributed by atoms with Crippen LogP contribution in [-0.4, -0.2) is 18.9 Å². The lowest BCUT2D eigenvalue weighted by atomic mass is 10.1. The monoisotopic (exact) mass is 238 g/mol. The van der Waals surface area contributed by atoms with E-state index >= 15 is 0 Å². The van der Waals surface area contributed by atoms with Crippen molar-refractivity contribution in [1.29, 1.82) is 0 Å². The van der Waals surface area contributed by atoms with Gasteiger partial charge in [0.15, 0.2) is 0 Å². The first-order valence-corrected chi connectivity index (χ1v) is 7.08. The van der Waals surface area contributed by atoms with E-state index in [9.17, 15) is 8.42 Å². The Balaban J connectivity index is 3.52. The fourth-order valence-corrected chi connectivity index (χ4v) is 2.03. The summed E-state index contributed by atoms with van der Waals surface area (Å²) in [5.41, 5.74) is 0. The molecule has 1 atom stereocenters. The van der Waals surface area contributed by atoms with E-state index in [0.29, 0.717) is 6.42 Å². The van der Waals surface area contributed by atoms with Crippen molar-refractivity contribution in [2.24, 2.45) is 0 Å². The average Bonchev–Trinajstić information content (AvgIpc) is 2.22. The number of rotatable bonds is 9. The summed E-state index contributed by atoms with van der Waals surface area (Å²) in [6, 6.07) is 0. The highest BCUT2D eigenvalue weighted by Gasteiger charge is 2.20. The minimum Gasteiger partial charge on any atom is -0.235 e. The molecule has 15 heavy (non-hydrogen) atoms. The van der Waals surface area contributed by atoms with Crippen molar-refractivity contribution < 1.29 is 18.0 Å². The van der Waals surface area contributed by atoms with Crippen LogP contribution in [0.5, 0.6) is 0 Å². The van der Waals surface area contributed by atoms with E-state index in [0.717, 1.165) is 19.3 Å². The molecule has 0 heterocycles. The average molecular weight is 238 g/mol. The van der Waals surface area contributed by atoms with Crippen molar-refractivity contribution in [2.75, 3.05) is 0 Å². The van der Waals surface area contributed by atoms with Gasteiger partial charge in [-0.1, -0.05) is 45.4 Å². The Labute approximate surface area is 92.7 Å². The molecule has 0 amide bonds. The molecule has 1 unspecified atom stereocenters. The summed E-state index contributed by atoms with van der Waals surface area (Å²) >= 11 is 0. The van der Waals surface area contributed by atoms with Gasteiger partial charge in [-0.2, -0.15) is 8.42 Å². The van der Waals surface area contributed by atoms with E-state index < -0.39 is 15.4 Å². The summed E-state index contributed by atoms with van der Waals surface area (Å²) in [6.07, 6.45) is 7.29. The smallest absolute Gasteiger partial charge is 0.235 e. The molecule has 0 aliphatic carbocycles. The van der Waals surface area contributed by atoms with Crippen molar-refractivity contribution in [3.05, 3.63) is 0 Å². The first-order valence-electron chi connectivity index (χ1n) is 5.61. The second-order valence-corrected chi connectivity index (χ2v) is 5.87. The molecular formula is C10H22O4S. The molecule has 0 bridgehead atoms. The van der Waals surface area contributed by atoms with Crippen LogP contribution < -0.4 is 0 Å². The summed E-state index contributed by atoms with van der Waals surface area (Å²) in [4.78, 5) is 0. The predicted octanol–water partition coefficient (Wildman–Crippen LogP) is 2.94. The van der Waals surface area contributed by atoms with Crippen LogP contribution in [0.1, 0.15) is 58.8 Å². The lowest BCUT2D eigenvalue weighted by Crippen LogP contribution is -2.18. The third-order valence-corrected chi connectivity index (χ3v) is 3.99. The highest BCUT2D eigenvalue weighted by Crippen LogP contribution is 2.13. The standard InChI is InChI=1S/C10H22O4S/c1-3-4-5-6-7-8-9-10(2)15(12,13)14-11/h10-11H,3-9H2,1-2H3. The largest absolute Gasteiger partial charge is 0.295 e. The molecule has 0 spiro atoms. The first kappa shape index (κ1) is 14.9. The van der Waals surface area contributed by atoms with Crippen molar-refractivity contribution in [1.82, 2.24) is 0 Å². The summed E-state index contributed by atoms with van der Waals surface area (Å²) in [7, 11) is -3.74. The Morgan fingerprint density at radius 3 is 2.20 bits per heavy atom. The number of hydrogen-bond acceptors (Lipinski definition) is 4. The van der Waals surface area contributed by atoms with Crippen LogP contribution in [0.3, 0.4) is 0 Å². The highest BCUT2D eigenvalue weighted by atomic mass is 32.2. The maximum atomic E-state index is 11.0. The molecule has 0 aliphatic rings. The van der Waals surface area contributed by atoms with Gasteiger partial charge in [-0.3, -0.25) is 0 Å². The summed E-state index contributed by atoms with van der Waals surface area (Å²) in [5, 5.41) is 7.53. The molecule has 0 aromatic rings. The van der Waals surface area contributed by atoms with Crippen molar-refractivity contribution >= 4 is 10.1 Å². The molecule has 0 aromatic heterocycles. The molecule has 0 rings (SSSR count). The molecule has 0 aliphatic heterocycles. The van der Waals surface area contributed by atoms with E-state index in [4.69, 9.17) is 5.26 Å². The number of hydrogen-bond donors (Lipinski definition) is 1. The Hall–Kier alpha value is -0.130. The van der Waals surface area contributed by atoms with Gasteiger partial charge in [0.05, 0.1) is 5.25 Å². The molecule has 0 fully saturated rings. The lowest BCUT2D eigenvalue weighted by Gasteiger charge is -2.08. The van der Waals surface area contributed by atoms with Crippen LogP contribution in [0.2, 0.25) is 0 Å².